The van der Waals surface area contributed by atoms with Crippen LogP contribution in [0.3, 0.4) is 0 Å². The van der Waals surface area contributed by atoms with Crippen molar-refractivity contribution < 1.29 is 32.6 Å². The summed E-state index contributed by atoms with van der Waals surface area (Å²) in [5.41, 5.74) is 10.1. The van der Waals surface area contributed by atoms with Gasteiger partial charge < -0.3 is 21.3 Å². The summed E-state index contributed by atoms with van der Waals surface area (Å²) in [6.45, 7) is 2.93. The quantitative estimate of drug-likeness (QED) is 0.388. The van der Waals surface area contributed by atoms with Crippen LogP contribution in [0.15, 0.2) is 4.99 Å². The van der Waals surface area contributed by atoms with Gasteiger partial charge in [0.25, 0.3) is 0 Å². The molecule has 0 amide bonds. The standard InChI is InChI=1S/C6H13N3O2.C4H5F3O2/c1-2-3-4(5(10)11)9-6(7)8;1-2-9-3(8)4(5,6)7/h4H,2-3H2,1H3,(H,10,11)(H4,7,8,9);2H2,1H3. The Kier molecular flexibility index (Phi) is 10.0. The number of guanidine groups is 1. The number of carboxylic acids is 1. The number of hydrogen-bond acceptors (Lipinski definition) is 4. The lowest BCUT2D eigenvalue weighted by Crippen LogP contribution is -2.28. The number of carboxylic acid groups (broad SMARTS) is 1. The number of ether oxygens (including phenoxy) is 1. The molecule has 0 aliphatic heterocycles. The fraction of sp³-hybridized carbons (Fsp3) is 0.700. The molecule has 1 atom stereocenters. The zero-order valence-electron chi connectivity index (χ0n) is 11.1. The van der Waals surface area contributed by atoms with Crippen LogP contribution in [0, 0.1) is 0 Å². The second kappa shape index (κ2) is 9.87. The second-order valence-corrected chi connectivity index (χ2v) is 3.41. The van der Waals surface area contributed by atoms with Crippen molar-refractivity contribution in [1.29, 1.82) is 0 Å². The van der Waals surface area contributed by atoms with Gasteiger partial charge in [-0.05, 0) is 13.3 Å². The van der Waals surface area contributed by atoms with E-state index in [0.717, 1.165) is 6.42 Å². The molecule has 1 unspecified atom stereocenters. The summed E-state index contributed by atoms with van der Waals surface area (Å²) in [6.07, 6.45) is -3.64. The molecule has 0 spiro atoms. The first-order valence-electron chi connectivity index (χ1n) is 5.61. The zero-order chi connectivity index (χ0) is 16.3. The van der Waals surface area contributed by atoms with Gasteiger partial charge in [0.05, 0.1) is 6.61 Å². The number of nitrogens with zero attached hydrogens (tertiary/aromatic N) is 1. The third-order valence-electron chi connectivity index (χ3n) is 1.66. The highest BCUT2D eigenvalue weighted by atomic mass is 19.4. The summed E-state index contributed by atoms with van der Waals surface area (Å²) in [5, 5.41) is 8.54. The Bertz CT molecular complexity index is 341. The van der Waals surface area contributed by atoms with E-state index in [0.29, 0.717) is 6.42 Å². The highest BCUT2D eigenvalue weighted by molar-refractivity contribution is 5.81. The number of carbonyl (C=O) groups is 2. The van der Waals surface area contributed by atoms with Crippen LogP contribution in [0.4, 0.5) is 13.2 Å². The summed E-state index contributed by atoms with van der Waals surface area (Å²) in [6, 6.07) is -0.787. The maximum absolute atomic E-state index is 11.2. The van der Waals surface area contributed by atoms with Crippen LogP contribution in [-0.4, -0.2) is 41.8 Å². The van der Waals surface area contributed by atoms with Crippen LogP contribution in [-0.2, 0) is 14.3 Å². The van der Waals surface area contributed by atoms with E-state index in [-0.39, 0.29) is 12.6 Å². The van der Waals surface area contributed by atoms with E-state index in [1.54, 1.807) is 0 Å². The number of aliphatic carboxylic acids is 1. The number of carbonyl (C=O) groups excluding carboxylic acids is 1. The van der Waals surface area contributed by atoms with Crippen molar-refractivity contribution in [3.63, 3.8) is 0 Å². The minimum atomic E-state index is -4.85. The van der Waals surface area contributed by atoms with Crippen LogP contribution in [0.1, 0.15) is 26.7 Å². The Morgan fingerprint density at radius 3 is 2.00 bits per heavy atom. The van der Waals surface area contributed by atoms with Crippen molar-refractivity contribution in [2.45, 2.75) is 38.9 Å². The summed E-state index contributed by atoms with van der Waals surface area (Å²) in [7, 11) is 0. The molecule has 0 aliphatic rings. The van der Waals surface area contributed by atoms with E-state index in [1.807, 2.05) is 6.92 Å². The summed E-state index contributed by atoms with van der Waals surface area (Å²) in [4.78, 5) is 23.7. The fourth-order valence-electron chi connectivity index (χ4n) is 0.910. The predicted octanol–water partition coefficient (Wildman–Crippen LogP) is 0.625. The minimum absolute atomic E-state index is 0.175. The fourth-order valence-corrected chi connectivity index (χ4v) is 0.910. The Morgan fingerprint density at radius 1 is 1.30 bits per heavy atom. The van der Waals surface area contributed by atoms with E-state index in [4.69, 9.17) is 16.6 Å². The summed E-state index contributed by atoms with van der Waals surface area (Å²) in [5.74, 6) is -3.30. The summed E-state index contributed by atoms with van der Waals surface area (Å²) < 4.78 is 37.1. The molecule has 0 aromatic heterocycles. The zero-order valence-corrected chi connectivity index (χ0v) is 11.1. The molecular formula is C10H18F3N3O4. The van der Waals surface area contributed by atoms with Gasteiger partial charge in [-0.1, -0.05) is 13.3 Å². The molecule has 20 heavy (non-hydrogen) atoms. The molecule has 0 aromatic rings. The van der Waals surface area contributed by atoms with Gasteiger partial charge in [-0.2, -0.15) is 13.2 Å². The molecule has 7 nitrogen and oxygen atoms in total. The molecule has 0 saturated carbocycles. The lowest BCUT2D eigenvalue weighted by atomic mass is 10.2. The van der Waals surface area contributed by atoms with Crippen molar-refractivity contribution in [3.8, 4) is 0 Å². The number of halogens is 3. The molecule has 5 N–H and O–H groups in total. The van der Waals surface area contributed by atoms with Gasteiger partial charge in [0.2, 0.25) is 0 Å². The Labute approximate surface area is 113 Å². The predicted molar refractivity (Wildman–Crippen MR) is 64.8 cm³/mol. The van der Waals surface area contributed by atoms with Gasteiger partial charge in [0, 0.05) is 0 Å². The highest BCUT2D eigenvalue weighted by Crippen LogP contribution is 2.15. The molecule has 10 heteroatoms. The average molecular weight is 301 g/mol. The Hall–Kier alpha value is -2.00. The smallest absolute Gasteiger partial charge is 0.480 e. The largest absolute Gasteiger partial charge is 0.490 e. The van der Waals surface area contributed by atoms with E-state index in [1.165, 1.54) is 6.92 Å². The number of alkyl halides is 3. The van der Waals surface area contributed by atoms with Gasteiger partial charge >= 0.3 is 18.1 Å². The highest BCUT2D eigenvalue weighted by Gasteiger charge is 2.40. The minimum Gasteiger partial charge on any atom is -0.480 e. The van der Waals surface area contributed by atoms with Crippen LogP contribution in [0.25, 0.3) is 0 Å². The van der Waals surface area contributed by atoms with Gasteiger partial charge in [0.15, 0.2) is 12.0 Å². The van der Waals surface area contributed by atoms with Crippen LogP contribution < -0.4 is 11.5 Å². The normalized spacial score (nSPS) is 11.7. The molecule has 0 saturated heterocycles. The maximum Gasteiger partial charge on any atom is 0.490 e. The molecule has 0 aromatic carbocycles. The third kappa shape index (κ3) is 11.1. The number of rotatable bonds is 5. The molecule has 0 radical (unpaired) electrons. The SMILES string of the molecule is CCCC(N=C(N)N)C(=O)O.CCOC(=O)C(F)(F)F. The van der Waals surface area contributed by atoms with Crippen molar-refractivity contribution in [3.05, 3.63) is 0 Å². The van der Waals surface area contributed by atoms with E-state index in [9.17, 15) is 22.8 Å². The van der Waals surface area contributed by atoms with Crippen LogP contribution >= 0.6 is 0 Å². The average Bonchev–Trinajstić information content (AvgIpc) is 2.27. The topological polar surface area (TPSA) is 128 Å². The summed E-state index contributed by atoms with van der Waals surface area (Å²) >= 11 is 0. The van der Waals surface area contributed by atoms with Gasteiger partial charge in [0.1, 0.15) is 0 Å². The maximum atomic E-state index is 11.2. The lowest BCUT2D eigenvalue weighted by molar-refractivity contribution is -0.199. The van der Waals surface area contributed by atoms with Crippen molar-refractivity contribution in [2.75, 3.05) is 6.61 Å². The van der Waals surface area contributed by atoms with Gasteiger partial charge in [-0.3, -0.25) is 0 Å². The number of hydrogen-bond donors (Lipinski definition) is 3. The van der Waals surface area contributed by atoms with E-state index < -0.39 is 24.2 Å². The first kappa shape index (κ1) is 20.3. The van der Waals surface area contributed by atoms with Crippen molar-refractivity contribution in [1.82, 2.24) is 0 Å². The Balaban J connectivity index is 0. The van der Waals surface area contributed by atoms with Gasteiger partial charge in [-0.25, -0.2) is 14.6 Å². The molecular weight excluding hydrogens is 283 g/mol. The first-order chi connectivity index (χ1) is 9.06. The number of nitrogens with two attached hydrogens (primary N) is 2. The number of esters is 1. The third-order valence-corrected chi connectivity index (χ3v) is 1.66. The van der Waals surface area contributed by atoms with E-state index in [2.05, 4.69) is 9.73 Å². The molecule has 0 rings (SSSR count). The van der Waals surface area contributed by atoms with Crippen LogP contribution in [0.5, 0.6) is 0 Å². The molecule has 118 valence electrons. The van der Waals surface area contributed by atoms with Crippen LogP contribution in [0.2, 0.25) is 0 Å². The first-order valence-corrected chi connectivity index (χ1v) is 5.61. The Morgan fingerprint density at radius 2 is 1.80 bits per heavy atom. The van der Waals surface area contributed by atoms with Crippen molar-refractivity contribution >= 4 is 17.9 Å². The lowest BCUT2D eigenvalue weighted by Gasteiger charge is -2.04. The van der Waals surface area contributed by atoms with Gasteiger partial charge in [-0.15, -0.1) is 0 Å². The second-order valence-electron chi connectivity index (χ2n) is 3.41. The van der Waals surface area contributed by atoms with Crippen molar-refractivity contribution in [2.24, 2.45) is 16.5 Å². The molecule has 0 aliphatic carbocycles. The monoisotopic (exact) mass is 301 g/mol. The molecule has 0 fully saturated rings. The molecule has 0 bridgehead atoms. The number of aliphatic imine (C=N–C) groups is 1. The molecule has 0 heterocycles. The van der Waals surface area contributed by atoms with E-state index >= 15 is 0 Å².